The summed E-state index contributed by atoms with van der Waals surface area (Å²) in [6.45, 7) is 2.00. The highest BCUT2D eigenvalue weighted by Crippen LogP contribution is 2.27. The number of halogens is 2. The zero-order valence-electron chi connectivity index (χ0n) is 9.74. The number of benzene rings is 1. The Morgan fingerprint density at radius 2 is 2.11 bits per heavy atom. The predicted octanol–water partition coefficient (Wildman–Crippen LogP) is 1.84. The van der Waals surface area contributed by atoms with E-state index in [2.05, 4.69) is 5.32 Å². The molecule has 0 aromatic heterocycles. The van der Waals surface area contributed by atoms with E-state index in [1.807, 2.05) is 0 Å². The lowest BCUT2D eigenvalue weighted by molar-refractivity contribution is -0.145. The van der Waals surface area contributed by atoms with E-state index in [-0.39, 0.29) is 24.9 Å². The first-order valence-electron chi connectivity index (χ1n) is 5.50. The molecular weight excluding hydrogens is 275 g/mol. The quantitative estimate of drug-likeness (QED) is 0.902. The second-order valence-electron chi connectivity index (χ2n) is 4.13. The van der Waals surface area contributed by atoms with Crippen molar-refractivity contribution in [2.24, 2.45) is 0 Å². The molecule has 4 nitrogen and oxygen atoms in total. The van der Waals surface area contributed by atoms with Crippen molar-refractivity contribution < 1.29 is 9.59 Å². The molecule has 0 radical (unpaired) electrons. The van der Waals surface area contributed by atoms with Gasteiger partial charge in [-0.3, -0.25) is 9.59 Å². The van der Waals surface area contributed by atoms with Gasteiger partial charge in [0.2, 0.25) is 11.8 Å². The van der Waals surface area contributed by atoms with Crippen molar-refractivity contribution in [3.8, 4) is 0 Å². The molecule has 1 unspecified atom stereocenters. The van der Waals surface area contributed by atoms with E-state index in [4.69, 9.17) is 23.2 Å². The third kappa shape index (κ3) is 2.44. The van der Waals surface area contributed by atoms with Gasteiger partial charge in [-0.2, -0.15) is 0 Å². The minimum absolute atomic E-state index is 0.0291. The highest BCUT2D eigenvalue weighted by molar-refractivity contribution is 6.42. The fraction of sp³-hybridized carbons (Fsp3) is 0.333. The highest BCUT2D eigenvalue weighted by atomic mass is 35.5. The third-order valence-corrected chi connectivity index (χ3v) is 3.81. The monoisotopic (exact) mass is 286 g/mol. The van der Waals surface area contributed by atoms with Gasteiger partial charge < -0.3 is 10.2 Å². The Labute approximate surface area is 115 Å². The number of nitrogens with zero attached hydrogens (tertiary/aromatic N) is 1. The van der Waals surface area contributed by atoms with Crippen molar-refractivity contribution in [2.45, 2.75) is 19.5 Å². The van der Waals surface area contributed by atoms with E-state index in [1.54, 1.807) is 25.1 Å². The van der Waals surface area contributed by atoms with Crippen molar-refractivity contribution in [1.29, 1.82) is 0 Å². The molecule has 0 saturated carbocycles. The van der Waals surface area contributed by atoms with Crippen LogP contribution in [-0.2, 0) is 16.1 Å². The van der Waals surface area contributed by atoms with Crippen LogP contribution in [0.2, 0.25) is 10.0 Å². The first-order chi connectivity index (χ1) is 8.50. The number of amides is 2. The standard InChI is InChI=1S/C12H12Cl2N2O2/c1-7-12(18)15-5-10(17)16(7)6-8-3-2-4-9(13)11(8)14/h2-4,7H,5-6H2,1H3,(H,15,18). The maximum absolute atomic E-state index is 11.8. The number of carbonyl (C=O) groups is 2. The van der Waals surface area contributed by atoms with Crippen LogP contribution in [0.1, 0.15) is 12.5 Å². The zero-order valence-corrected chi connectivity index (χ0v) is 11.3. The van der Waals surface area contributed by atoms with Crippen molar-refractivity contribution in [3.63, 3.8) is 0 Å². The summed E-state index contributed by atoms with van der Waals surface area (Å²) in [5, 5.41) is 3.40. The molecular formula is C12H12Cl2N2O2. The van der Waals surface area contributed by atoms with E-state index in [0.717, 1.165) is 5.56 Å². The third-order valence-electron chi connectivity index (χ3n) is 2.95. The molecule has 1 aliphatic rings. The topological polar surface area (TPSA) is 49.4 Å². The molecule has 1 N–H and O–H groups in total. The molecule has 1 fully saturated rings. The van der Waals surface area contributed by atoms with Gasteiger partial charge in [-0.05, 0) is 18.6 Å². The van der Waals surface area contributed by atoms with Crippen LogP contribution >= 0.6 is 23.2 Å². The molecule has 2 rings (SSSR count). The molecule has 2 amide bonds. The minimum atomic E-state index is -0.499. The van der Waals surface area contributed by atoms with Gasteiger partial charge in [0.1, 0.15) is 6.04 Å². The van der Waals surface area contributed by atoms with Gasteiger partial charge in [-0.25, -0.2) is 0 Å². The lowest BCUT2D eigenvalue weighted by Gasteiger charge is -2.33. The van der Waals surface area contributed by atoms with Gasteiger partial charge in [0.05, 0.1) is 16.6 Å². The molecule has 6 heteroatoms. The van der Waals surface area contributed by atoms with Gasteiger partial charge in [0.15, 0.2) is 0 Å². The molecule has 0 spiro atoms. The van der Waals surface area contributed by atoms with Gasteiger partial charge >= 0.3 is 0 Å². The van der Waals surface area contributed by atoms with E-state index in [0.29, 0.717) is 10.0 Å². The second kappa shape index (κ2) is 5.16. The van der Waals surface area contributed by atoms with Crippen LogP contribution in [-0.4, -0.2) is 29.3 Å². The minimum Gasteiger partial charge on any atom is -0.345 e. The summed E-state index contributed by atoms with van der Waals surface area (Å²) in [6, 6.07) is 4.74. The predicted molar refractivity (Wildman–Crippen MR) is 69.5 cm³/mol. The van der Waals surface area contributed by atoms with Crippen LogP contribution in [0, 0.1) is 0 Å². The van der Waals surface area contributed by atoms with E-state index >= 15 is 0 Å². The maximum Gasteiger partial charge on any atom is 0.242 e. The summed E-state index contributed by atoms with van der Waals surface area (Å²) in [7, 11) is 0. The lowest BCUT2D eigenvalue weighted by Crippen LogP contribution is -2.56. The summed E-state index contributed by atoms with van der Waals surface area (Å²) < 4.78 is 0. The van der Waals surface area contributed by atoms with Crippen molar-refractivity contribution >= 4 is 35.0 Å². The molecule has 1 aromatic rings. The fourth-order valence-electron chi connectivity index (χ4n) is 1.85. The normalized spacial score (nSPS) is 19.9. The molecule has 1 atom stereocenters. The molecule has 1 saturated heterocycles. The van der Waals surface area contributed by atoms with Crippen molar-refractivity contribution in [3.05, 3.63) is 33.8 Å². The summed E-state index contributed by atoms with van der Waals surface area (Å²) in [4.78, 5) is 24.8. The Morgan fingerprint density at radius 3 is 2.83 bits per heavy atom. The van der Waals surface area contributed by atoms with E-state index in [9.17, 15) is 9.59 Å². The summed E-state index contributed by atoms with van der Waals surface area (Å²) in [6.07, 6.45) is 0. The number of rotatable bonds is 2. The van der Waals surface area contributed by atoms with Gasteiger partial charge in [0, 0.05) is 6.54 Å². The number of piperazine rings is 1. The van der Waals surface area contributed by atoms with Gasteiger partial charge in [0.25, 0.3) is 0 Å². The SMILES string of the molecule is CC1C(=O)NCC(=O)N1Cc1cccc(Cl)c1Cl. The van der Waals surface area contributed by atoms with E-state index < -0.39 is 6.04 Å². The van der Waals surface area contributed by atoms with Gasteiger partial charge in [-0.15, -0.1) is 0 Å². The average molecular weight is 287 g/mol. The number of hydrogen-bond acceptors (Lipinski definition) is 2. The first-order valence-corrected chi connectivity index (χ1v) is 6.26. The molecule has 1 aliphatic heterocycles. The molecule has 1 aromatic carbocycles. The Bertz CT molecular complexity index is 505. The largest absolute Gasteiger partial charge is 0.345 e. The van der Waals surface area contributed by atoms with Crippen LogP contribution in [0.4, 0.5) is 0 Å². The summed E-state index contributed by atoms with van der Waals surface area (Å²) >= 11 is 12.0. The molecule has 1 heterocycles. The number of carbonyl (C=O) groups excluding carboxylic acids is 2. The summed E-state index contributed by atoms with van der Waals surface area (Å²) in [5.74, 6) is -0.286. The van der Waals surface area contributed by atoms with Crippen molar-refractivity contribution in [2.75, 3.05) is 6.54 Å². The van der Waals surface area contributed by atoms with Crippen LogP contribution in [0.15, 0.2) is 18.2 Å². The van der Waals surface area contributed by atoms with Crippen LogP contribution < -0.4 is 5.32 Å². The Balaban J connectivity index is 2.24. The molecule has 0 bridgehead atoms. The number of nitrogens with one attached hydrogen (secondary N) is 1. The van der Waals surface area contributed by atoms with Crippen LogP contribution in [0.5, 0.6) is 0 Å². The van der Waals surface area contributed by atoms with Gasteiger partial charge in [-0.1, -0.05) is 35.3 Å². The zero-order chi connectivity index (χ0) is 13.3. The average Bonchev–Trinajstić information content (AvgIpc) is 2.35. The van der Waals surface area contributed by atoms with E-state index in [1.165, 1.54) is 4.90 Å². The Hall–Kier alpha value is -1.26. The first kappa shape index (κ1) is 13.2. The van der Waals surface area contributed by atoms with Crippen LogP contribution in [0.25, 0.3) is 0 Å². The number of hydrogen-bond donors (Lipinski definition) is 1. The summed E-state index contributed by atoms with van der Waals surface area (Å²) in [5.41, 5.74) is 0.735. The highest BCUT2D eigenvalue weighted by Gasteiger charge is 2.31. The molecule has 0 aliphatic carbocycles. The van der Waals surface area contributed by atoms with Crippen LogP contribution in [0.3, 0.4) is 0 Å². The van der Waals surface area contributed by atoms with Crippen molar-refractivity contribution in [1.82, 2.24) is 10.2 Å². The lowest BCUT2D eigenvalue weighted by atomic mass is 10.1. The Kier molecular flexibility index (Phi) is 3.78. The Morgan fingerprint density at radius 1 is 1.39 bits per heavy atom. The fourth-order valence-corrected chi connectivity index (χ4v) is 2.23. The smallest absolute Gasteiger partial charge is 0.242 e. The molecule has 96 valence electrons. The second-order valence-corrected chi connectivity index (χ2v) is 4.91. The maximum atomic E-state index is 11.8. The molecule has 18 heavy (non-hydrogen) atoms.